The molecule has 0 bridgehead atoms. The van der Waals surface area contributed by atoms with Gasteiger partial charge in [0.2, 0.25) is 5.95 Å². The summed E-state index contributed by atoms with van der Waals surface area (Å²) < 4.78 is 13.3. The number of amides is 1. The van der Waals surface area contributed by atoms with Crippen molar-refractivity contribution in [1.82, 2.24) is 29.5 Å². The lowest BCUT2D eigenvalue weighted by Crippen LogP contribution is -2.50. The van der Waals surface area contributed by atoms with E-state index >= 15 is 0 Å². The van der Waals surface area contributed by atoms with Gasteiger partial charge >= 0.3 is 6.09 Å². The van der Waals surface area contributed by atoms with Gasteiger partial charge in [-0.25, -0.2) is 14.5 Å². The van der Waals surface area contributed by atoms with E-state index < -0.39 is 5.60 Å². The largest absolute Gasteiger partial charge is 0.495 e. The average Bonchev–Trinajstić information content (AvgIpc) is 3.29. The molecule has 1 amide bonds. The summed E-state index contributed by atoms with van der Waals surface area (Å²) in [7, 11) is 3.85. The molecule has 6 rings (SSSR count). The van der Waals surface area contributed by atoms with Crippen molar-refractivity contribution >= 4 is 28.8 Å². The van der Waals surface area contributed by atoms with Crippen molar-refractivity contribution in [2.24, 2.45) is 5.41 Å². The first-order valence-corrected chi connectivity index (χ1v) is 13.9. The number of nitrogens with one attached hydrogen (secondary N) is 1. The smallest absolute Gasteiger partial charge is 0.410 e. The zero-order chi connectivity index (χ0) is 27.4. The molecule has 0 radical (unpaired) electrons. The summed E-state index contributed by atoms with van der Waals surface area (Å²) in [6.45, 7) is 9.19. The van der Waals surface area contributed by atoms with Crippen LogP contribution in [0.15, 0.2) is 24.5 Å². The van der Waals surface area contributed by atoms with Crippen LogP contribution < -0.4 is 10.1 Å². The molecule has 10 nitrogen and oxygen atoms in total. The van der Waals surface area contributed by atoms with E-state index in [9.17, 15) is 4.79 Å². The van der Waals surface area contributed by atoms with Gasteiger partial charge in [-0.15, -0.1) is 0 Å². The second-order valence-electron chi connectivity index (χ2n) is 12.5. The molecule has 208 valence electrons. The summed E-state index contributed by atoms with van der Waals surface area (Å²) in [6.07, 6.45) is 8.59. The number of methoxy groups -OCH3 is 1. The second kappa shape index (κ2) is 9.66. The Kier molecular flexibility index (Phi) is 6.40. The molecule has 1 N–H and O–H groups in total. The van der Waals surface area contributed by atoms with Gasteiger partial charge in [-0.2, -0.15) is 10.1 Å². The first-order chi connectivity index (χ1) is 18.6. The molecule has 1 aromatic carbocycles. The van der Waals surface area contributed by atoms with E-state index in [2.05, 4.69) is 39.1 Å². The molecule has 1 saturated carbocycles. The van der Waals surface area contributed by atoms with Gasteiger partial charge in [-0.05, 0) is 88.6 Å². The van der Waals surface area contributed by atoms with Gasteiger partial charge < -0.3 is 24.6 Å². The van der Waals surface area contributed by atoms with E-state index in [1.165, 1.54) is 11.1 Å². The van der Waals surface area contributed by atoms with E-state index in [0.717, 1.165) is 80.8 Å². The van der Waals surface area contributed by atoms with Crippen molar-refractivity contribution in [1.29, 1.82) is 0 Å². The second-order valence-corrected chi connectivity index (χ2v) is 12.5. The summed E-state index contributed by atoms with van der Waals surface area (Å²) in [4.78, 5) is 26.1. The molecule has 1 saturated heterocycles. The molecule has 1 aliphatic carbocycles. The highest BCUT2D eigenvalue weighted by molar-refractivity contribution is 5.76. The number of benzene rings is 1. The monoisotopic (exact) mass is 533 g/mol. The fourth-order valence-corrected chi connectivity index (χ4v) is 6.29. The first kappa shape index (κ1) is 25.9. The van der Waals surface area contributed by atoms with Crippen LogP contribution in [0.2, 0.25) is 0 Å². The molecule has 10 heteroatoms. The minimum Gasteiger partial charge on any atom is -0.495 e. The fourth-order valence-electron chi connectivity index (χ4n) is 6.29. The average molecular weight is 534 g/mol. The lowest BCUT2D eigenvalue weighted by molar-refractivity contribution is -0.0250. The van der Waals surface area contributed by atoms with Crippen LogP contribution in [-0.2, 0) is 17.7 Å². The summed E-state index contributed by atoms with van der Waals surface area (Å²) >= 11 is 0. The lowest BCUT2D eigenvalue weighted by atomic mass is 9.60. The van der Waals surface area contributed by atoms with E-state index in [0.29, 0.717) is 12.0 Å². The van der Waals surface area contributed by atoms with E-state index in [1.54, 1.807) is 7.11 Å². The Morgan fingerprint density at radius 3 is 2.59 bits per heavy atom. The maximum atomic E-state index is 12.5. The Labute approximate surface area is 229 Å². The Morgan fingerprint density at radius 2 is 1.87 bits per heavy atom. The number of carbonyl (C=O) groups excluding carboxylic acids is 1. The molecule has 3 aromatic rings. The summed E-state index contributed by atoms with van der Waals surface area (Å²) in [6, 6.07) is 4.59. The Balaban J connectivity index is 1.15. The minimum atomic E-state index is -0.466. The number of anilines is 2. The lowest BCUT2D eigenvalue weighted by Gasteiger charge is -2.52. The van der Waals surface area contributed by atoms with E-state index in [4.69, 9.17) is 19.6 Å². The number of likely N-dealkylation sites (tertiary alicyclic amines) is 1. The maximum Gasteiger partial charge on any atom is 0.410 e. The third-order valence-electron chi connectivity index (χ3n) is 8.46. The van der Waals surface area contributed by atoms with Gasteiger partial charge in [0.15, 0.2) is 5.65 Å². The quantitative estimate of drug-likeness (QED) is 0.505. The Morgan fingerprint density at radius 1 is 1.10 bits per heavy atom. The molecule has 2 aromatic heterocycles. The summed E-state index contributed by atoms with van der Waals surface area (Å²) in [5.74, 6) is 1.33. The molecule has 0 atom stereocenters. The van der Waals surface area contributed by atoms with Crippen LogP contribution in [0.1, 0.15) is 63.6 Å². The van der Waals surface area contributed by atoms with Crippen LogP contribution in [0.3, 0.4) is 0 Å². The number of fused-ring (bicyclic) bond motifs is 2. The minimum absolute atomic E-state index is 0.203. The molecule has 2 aliphatic heterocycles. The van der Waals surface area contributed by atoms with Crippen molar-refractivity contribution in [2.75, 3.05) is 39.1 Å². The molecule has 4 heterocycles. The maximum absolute atomic E-state index is 12.5. The molecule has 0 unspecified atom stereocenters. The predicted octanol–water partition coefficient (Wildman–Crippen LogP) is 4.92. The van der Waals surface area contributed by atoms with Crippen LogP contribution >= 0.6 is 0 Å². The topological polar surface area (TPSA) is 97.6 Å². The van der Waals surface area contributed by atoms with Gasteiger partial charge in [-0.3, -0.25) is 0 Å². The van der Waals surface area contributed by atoms with Crippen LogP contribution in [0.4, 0.5) is 16.4 Å². The van der Waals surface area contributed by atoms with Crippen molar-refractivity contribution in [3.8, 4) is 5.75 Å². The van der Waals surface area contributed by atoms with Crippen LogP contribution in [-0.4, -0.2) is 75.0 Å². The van der Waals surface area contributed by atoms with Crippen molar-refractivity contribution in [3.05, 3.63) is 35.7 Å². The van der Waals surface area contributed by atoms with Crippen LogP contribution in [0.5, 0.6) is 5.75 Å². The number of hydrogen-bond acceptors (Lipinski definition) is 8. The van der Waals surface area contributed by atoms with Crippen molar-refractivity contribution in [2.45, 2.75) is 71.1 Å². The normalized spacial score (nSPS) is 19.6. The van der Waals surface area contributed by atoms with Crippen LogP contribution in [0.25, 0.3) is 11.0 Å². The van der Waals surface area contributed by atoms with Crippen LogP contribution in [0, 0.1) is 5.41 Å². The zero-order valence-electron chi connectivity index (χ0n) is 23.7. The third kappa shape index (κ3) is 5.14. The highest BCUT2D eigenvalue weighted by Gasteiger charge is 2.48. The van der Waals surface area contributed by atoms with Gasteiger partial charge in [0, 0.05) is 32.4 Å². The molecule has 2 fully saturated rings. The van der Waals surface area contributed by atoms with E-state index in [1.807, 2.05) is 38.1 Å². The highest BCUT2D eigenvalue weighted by Crippen LogP contribution is 2.55. The number of ether oxygens (including phenoxy) is 2. The number of nitrogens with zero attached hydrogens (tertiary/aromatic N) is 6. The molecular formula is C29H39N7O3. The van der Waals surface area contributed by atoms with Gasteiger partial charge in [-0.1, -0.05) is 0 Å². The van der Waals surface area contributed by atoms with Crippen molar-refractivity contribution < 1.29 is 14.3 Å². The molecular weight excluding hydrogens is 494 g/mol. The third-order valence-corrected chi connectivity index (χ3v) is 8.46. The number of rotatable bonds is 4. The predicted molar refractivity (Wildman–Crippen MR) is 149 cm³/mol. The number of hydrogen-bond donors (Lipinski definition) is 1. The SMILES string of the molecule is COc1cc2c(cc1Nc1ncc3cnn(C4CC5(CCN(C(=O)OC(C)(C)C)CC5)C4)c3n1)CN(C)CC2. The highest BCUT2D eigenvalue weighted by atomic mass is 16.6. The fraction of sp³-hybridized carbons (Fsp3) is 0.586. The zero-order valence-corrected chi connectivity index (χ0v) is 23.7. The van der Waals surface area contributed by atoms with E-state index in [-0.39, 0.29) is 11.5 Å². The number of aromatic nitrogens is 4. The molecule has 1 spiro atoms. The number of piperidine rings is 1. The molecule has 3 aliphatic rings. The number of carbonyl (C=O) groups is 1. The first-order valence-electron chi connectivity index (χ1n) is 13.9. The Hall–Kier alpha value is -3.40. The summed E-state index contributed by atoms with van der Waals surface area (Å²) in [5, 5.41) is 9.03. The van der Waals surface area contributed by atoms with Gasteiger partial charge in [0.05, 0.1) is 30.4 Å². The number of likely N-dealkylation sites (N-methyl/N-ethyl adjacent to an activating group) is 1. The summed E-state index contributed by atoms with van der Waals surface area (Å²) in [5.41, 5.74) is 4.15. The van der Waals surface area contributed by atoms with Gasteiger partial charge in [0.25, 0.3) is 0 Å². The standard InChI is InChI=1S/C29H39N7O3/c1-28(2,3)39-27(37)35-10-7-29(8-11-35)14-22(15-29)36-25-21(17-31-36)16-30-26(33-25)32-23-12-20-18-34(4)9-6-19(20)13-24(23)38-5/h12-13,16-17,22H,6-11,14-15,18H2,1-5H3,(H,30,32,33). The molecule has 39 heavy (non-hydrogen) atoms. The Bertz CT molecular complexity index is 1380. The van der Waals surface area contributed by atoms with Crippen molar-refractivity contribution in [3.63, 3.8) is 0 Å². The van der Waals surface area contributed by atoms with Gasteiger partial charge in [0.1, 0.15) is 11.4 Å².